The normalized spacial score (nSPS) is 25.6. The molecule has 4 atom stereocenters. The van der Waals surface area contributed by atoms with Gasteiger partial charge < -0.3 is 16.2 Å². The van der Waals surface area contributed by atoms with Gasteiger partial charge in [-0.25, -0.2) is 14.4 Å². The Balaban J connectivity index is 1.62. The van der Waals surface area contributed by atoms with Gasteiger partial charge in [0.15, 0.2) is 5.82 Å². The molecule has 3 aliphatic rings. The van der Waals surface area contributed by atoms with Gasteiger partial charge in [0.1, 0.15) is 17.0 Å². The van der Waals surface area contributed by atoms with E-state index in [0.717, 1.165) is 44.0 Å². The molecule has 3 aromatic heterocycles. The Morgan fingerprint density at radius 1 is 1.16 bits per heavy atom. The van der Waals surface area contributed by atoms with Crippen LogP contribution in [0.15, 0.2) is 6.07 Å². The summed E-state index contributed by atoms with van der Waals surface area (Å²) in [6, 6.07) is 1.11. The molecule has 38 heavy (non-hydrogen) atoms. The van der Waals surface area contributed by atoms with Crippen molar-refractivity contribution in [1.82, 2.24) is 25.1 Å². The molecule has 0 radical (unpaired) electrons. The summed E-state index contributed by atoms with van der Waals surface area (Å²) in [4.78, 5) is 8.40. The van der Waals surface area contributed by atoms with Crippen molar-refractivity contribution >= 4 is 16.7 Å². The minimum absolute atomic E-state index is 0.00596. The highest BCUT2D eigenvalue weighted by Gasteiger charge is 2.47. The molecule has 1 aliphatic heterocycles. The van der Waals surface area contributed by atoms with Crippen LogP contribution in [0.25, 0.3) is 22.2 Å². The van der Waals surface area contributed by atoms with Crippen molar-refractivity contribution < 1.29 is 22.7 Å². The third-order valence-corrected chi connectivity index (χ3v) is 8.60. The number of aryl methyl sites for hydroxylation is 1. The first kappa shape index (κ1) is 25.5. The van der Waals surface area contributed by atoms with Crippen LogP contribution >= 0.6 is 0 Å². The van der Waals surface area contributed by atoms with Crippen LogP contribution in [0.1, 0.15) is 80.1 Å². The second kappa shape index (κ2) is 8.87. The highest BCUT2D eigenvalue weighted by Crippen LogP contribution is 2.51. The minimum atomic E-state index is -4.76. The molecular weight excluding hydrogens is 500 g/mol. The Hall–Kier alpha value is -2.79. The predicted molar refractivity (Wildman–Crippen MR) is 135 cm³/mol. The van der Waals surface area contributed by atoms with Crippen LogP contribution in [-0.2, 0) is 6.18 Å². The number of alkyl halides is 3. The second-order valence-electron chi connectivity index (χ2n) is 11.4. The molecule has 0 unspecified atom stereocenters. The summed E-state index contributed by atoms with van der Waals surface area (Å²) in [5, 5.41) is 18.8. The molecule has 4 heterocycles. The number of aromatic nitrogens is 4. The Morgan fingerprint density at radius 2 is 1.89 bits per heavy atom. The third-order valence-electron chi connectivity index (χ3n) is 8.60. The fraction of sp³-hybridized carbons (Fsp3) is 0.593. The lowest BCUT2D eigenvalue weighted by Crippen LogP contribution is -2.30. The molecule has 11 heteroatoms. The lowest BCUT2D eigenvalue weighted by atomic mass is 9.85. The van der Waals surface area contributed by atoms with Gasteiger partial charge in [0.05, 0.1) is 35.3 Å². The van der Waals surface area contributed by atoms with Gasteiger partial charge in [-0.2, -0.15) is 18.3 Å². The van der Waals surface area contributed by atoms with Gasteiger partial charge in [-0.15, -0.1) is 0 Å². The van der Waals surface area contributed by atoms with Crippen molar-refractivity contribution in [3.63, 3.8) is 0 Å². The zero-order valence-electron chi connectivity index (χ0n) is 21.6. The highest BCUT2D eigenvalue weighted by atomic mass is 19.4. The Labute approximate surface area is 217 Å². The molecule has 3 fully saturated rings. The number of hydrogen-bond acceptors (Lipinski definition) is 6. The molecule has 1 saturated heterocycles. The van der Waals surface area contributed by atoms with E-state index < -0.39 is 23.1 Å². The quantitative estimate of drug-likeness (QED) is 0.397. The van der Waals surface area contributed by atoms with Crippen molar-refractivity contribution in [2.24, 2.45) is 11.8 Å². The fourth-order valence-corrected chi connectivity index (χ4v) is 6.80. The molecule has 7 nitrogen and oxygen atoms in total. The van der Waals surface area contributed by atoms with Crippen LogP contribution < -0.4 is 11.1 Å². The van der Waals surface area contributed by atoms with Crippen LogP contribution in [0.3, 0.4) is 0 Å². The Bertz CT molecular complexity index is 1410. The third kappa shape index (κ3) is 3.88. The van der Waals surface area contributed by atoms with Gasteiger partial charge in [-0.1, -0.05) is 13.8 Å². The average Bonchev–Trinajstić information content (AvgIpc) is 3.28. The average molecular weight is 533 g/mol. The van der Waals surface area contributed by atoms with Gasteiger partial charge in [0.25, 0.3) is 0 Å². The molecule has 0 spiro atoms. The van der Waals surface area contributed by atoms with E-state index in [1.165, 1.54) is 6.92 Å². The molecule has 2 saturated carbocycles. The first-order valence-electron chi connectivity index (χ1n) is 13.3. The smallest absolute Gasteiger partial charge is 0.395 e. The van der Waals surface area contributed by atoms with Crippen LogP contribution in [0.4, 0.5) is 23.4 Å². The lowest BCUT2D eigenvalue weighted by molar-refractivity contribution is -0.137. The first-order chi connectivity index (χ1) is 18.0. The Kier molecular flexibility index (Phi) is 5.95. The van der Waals surface area contributed by atoms with Gasteiger partial charge in [0, 0.05) is 22.9 Å². The van der Waals surface area contributed by atoms with Crippen molar-refractivity contribution in [2.75, 3.05) is 18.9 Å². The summed E-state index contributed by atoms with van der Waals surface area (Å²) in [5.41, 5.74) is 5.27. The molecule has 6 rings (SSSR count). The zero-order valence-corrected chi connectivity index (χ0v) is 21.6. The van der Waals surface area contributed by atoms with Crippen molar-refractivity contribution in [3.05, 3.63) is 34.5 Å². The number of rotatable bonds is 5. The van der Waals surface area contributed by atoms with Gasteiger partial charge in [0.2, 0.25) is 0 Å². The van der Waals surface area contributed by atoms with E-state index in [2.05, 4.69) is 15.3 Å². The number of aliphatic hydroxyl groups excluding tert-OH is 1. The zero-order chi connectivity index (χ0) is 27.1. The number of fused-ring (bicyclic) bond motifs is 2. The maximum Gasteiger partial charge on any atom is 0.418 e. The number of halogens is 4. The highest BCUT2D eigenvalue weighted by molar-refractivity contribution is 5.90. The number of nitrogens with one attached hydrogen (secondary N) is 1. The number of pyridine rings is 2. The molecule has 0 aromatic carbocycles. The summed E-state index contributed by atoms with van der Waals surface area (Å²) in [7, 11) is 0. The lowest BCUT2D eigenvalue weighted by Gasteiger charge is -2.20. The molecule has 4 N–H and O–H groups in total. The summed E-state index contributed by atoms with van der Waals surface area (Å²) in [6.45, 7) is 5.86. The van der Waals surface area contributed by atoms with Crippen molar-refractivity contribution in [2.45, 2.75) is 76.6 Å². The van der Waals surface area contributed by atoms with Crippen LogP contribution in [0, 0.1) is 24.6 Å². The monoisotopic (exact) mass is 532 g/mol. The number of nitrogens with zero attached hydrogens (tertiary/aromatic N) is 4. The SMILES string of the molecule is Cc1nc(N)cc(-c2nc(C(C)C)c3c([C@@H]4CC[C@H]5[C@@H]4CN[C@@H]5CO)nn(C4CC4)c3c2F)c1C(F)(F)F. The Morgan fingerprint density at radius 3 is 2.53 bits per heavy atom. The van der Waals surface area contributed by atoms with Crippen molar-refractivity contribution in [3.8, 4) is 11.3 Å². The molecular formula is C27H32F4N6O. The summed E-state index contributed by atoms with van der Waals surface area (Å²) in [6.07, 6.45) is -1.29. The van der Waals surface area contributed by atoms with E-state index in [1.807, 2.05) is 13.8 Å². The van der Waals surface area contributed by atoms with Gasteiger partial charge in [-0.05, 0) is 63.0 Å². The fourth-order valence-electron chi connectivity index (χ4n) is 6.80. The van der Waals surface area contributed by atoms with E-state index in [4.69, 9.17) is 10.8 Å². The number of nitrogens with two attached hydrogens (primary N) is 1. The number of hydrogen-bond donors (Lipinski definition) is 3. The van der Waals surface area contributed by atoms with Crippen molar-refractivity contribution in [1.29, 1.82) is 0 Å². The van der Waals surface area contributed by atoms with Gasteiger partial charge in [-0.3, -0.25) is 4.68 Å². The first-order valence-corrected chi connectivity index (χ1v) is 13.3. The number of nitrogen functional groups attached to an aromatic ring is 1. The van der Waals surface area contributed by atoms with Crippen LogP contribution in [0.5, 0.6) is 0 Å². The molecule has 0 amide bonds. The maximum absolute atomic E-state index is 16.6. The topological polar surface area (TPSA) is 102 Å². The second-order valence-corrected chi connectivity index (χ2v) is 11.4. The molecule has 3 aromatic rings. The van der Waals surface area contributed by atoms with Gasteiger partial charge >= 0.3 is 6.18 Å². The van der Waals surface area contributed by atoms with E-state index in [1.54, 1.807) is 4.68 Å². The standard InChI is InChI=1S/C27H32F4N6O/c1-11(2)23-20-24(15-7-6-14-17(15)9-33-18(14)10-38)36-37(13-4-5-13)26(20)22(28)25(35-23)16-8-19(32)34-12(3)21(16)27(29,30)31/h8,11,13-15,17-18,33,38H,4-7,9-10H2,1-3H3,(H2,32,34)/t14-,15+,17-,18+/m0/s1. The summed E-state index contributed by atoms with van der Waals surface area (Å²) < 4.78 is 60.8. The number of aliphatic hydroxyl groups is 1. The predicted octanol–water partition coefficient (Wildman–Crippen LogP) is 5.07. The largest absolute Gasteiger partial charge is 0.418 e. The molecule has 0 bridgehead atoms. The van der Waals surface area contributed by atoms with E-state index >= 15 is 4.39 Å². The minimum Gasteiger partial charge on any atom is -0.395 e. The van der Waals surface area contributed by atoms with Crippen LogP contribution in [-0.4, -0.2) is 44.0 Å². The summed E-state index contributed by atoms with van der Waals surface area (Å²) >= 11 is 0. The summed E-state index contributed by atoms with van der Waals surface area (Å²) in [5.74, 6) is -0.508. The van der Waals surface area contributed by atoms with Crippen LogP contribution in [0.2, 0.25) is 0 Å². The van der Waals surface area contributed by atoms with E-state index in [-0.39, 0.29) is 59.2 Å². The van der Waals surface area contributed by atoms with E-state index in [9.17, 15) is 18.3 Å². The molecule has 204 valence electrons. The van der Waals surface area contributed by atoms with E-state index in [0.29, 0.717) is 17.0 Å². The molecule has 2 aliphatic carbocycles. The maximum atomic E-state index is 16.6. The number of anilines is 1.